The molecule has 1 aliphatic rings. The number of hydrogen-bond acceptors (Lipinski definition) is 5. The molecule has 2 heterocycles. The number of carbonyl (C=O) groups is 1. The number of ether oxygens (including phenoxy) is 2. The second-order valence-corrected chi connectivity index (χ2v) is 6.01. The first-order chi connectivity index (χ1) is 10.8. The van der Waals surface area contributed by atoms with E-state index >= 15 is 0 Å². The Balaban J connectivity index is 1.61. The fourth-order valence-electron chi connectivity index (χ4n) is 2.64. The summed E-state index contributed by atoms with van der Waals surface area (Å²) in [5, 5.41) is 2.95. The first kappa shape index (κ1) is 14.8. The van der Waals surface area contributed by atoms with E-state index in [2.05, 4.69) is 4.98 Å². The molecule has 0 aliphatic carbocycles. The highest BCUT2D eigenvalue weighted by atomic mass is 32.1. The first-order valence-corrected chi connectivity index (χ1v) is 8.11. The summed E-state index contributed by atoms with van der Waals surface area (Å²) in [5.74, 6) is 1.35. The summed E-state index contributed by atoms with van der Waals surface area (Å²) < 4.78 is 10.7. The molecule has 5 nitrogen and oxygen atoms in total. The van der Waals surface area contributed by atoms with Crippen molar-refractivity contribution in [1.29, 1.82) is 0 Å². The molecule has 1 fully saturated rings. The Hall–Kier alpha value is -2.08. The third-order valence-electron chi connectivity index (χ3n) is 3.71. The number of amides is 1. The topological polar surface area (TPSA) is 51.7 Å². The van der Waals surface area contributed by atoms with Gasteiger partial charge in [0.1, 0.15) is 16.5 Å². The van der Waals surface area contributed by atoms with Gasteiger partial charge in [0.15, 0.2) is 6.61 Å². The lowest BCUT2D eigenvalue weighted by molar-refractivity contribution is -0.134. The van der Waals surface area contributed by atoms with Crippen molar-refractivity contribution in [3.63, 3.8) is 0 Å². The van der Waals surface area contributed by atoms with E-state index in [1.165, 1.54) is 0 Å². The van der Waals surface area contributed by atoms with Crippen LogP contribution in [0.1, 0.15) is 23.9 Å². The monoisotopic (exact) mass is 318 g/mol. The van der Waals surface area contributed by atoms with E-state index in [0.717, 1.165) is 24.4 Å². The molecule has 22 heavy (non-hydrogen) atoms. The van der Waals surface area contributed by atoms with E-state index in [1.807, 2.05) is 28.5 Å². The van der Waals surface area contributed by atoms with E-state index < -0.39 is 0 Å². The fourth-order valence-corrected chi connectivity index (χ4v) is 3.42. The van der Waals surface area contributed by atoms with Gasteiger partial charge in [-0.2, -0.15) is 0 Å². The molecule has 1 unspecified atom stereocenters. The highest BCUT2D eigenvalue weighted by molar-refractivity contribution is 7.09. The van der Waals surface area contributed by atoms with Crippen LogP contribution in [0.5, 0.6) is 11.5 Å². The molecule has 0 radical (unpaired) electrons. The van der Waals surface area contributed by atoms with Gasteiger partial charge >= 0.3 is 0 Å². The van der Waals surface area contributed by atoms with Crippen LogP contribution in [0.4, 0.5) is 0 Å². The SMILES string of the molecule is COc1cccc(OCC(=O)N2CCCC2c2nccs2)c1. The predicted molar refractivity (Wildman–Crippen MR) is 84.3 cm³/mol. The van der Waals surface area contributed by atoms with Gasteiger partial charge in [0.25, 0.3) is 5.91 Å². The summed E-state index contributed by atoms with van der Waals surface area (Å²) in [7, 11) is 1.60. The average molecular weight is 318 g/mol. The van der Waals surface area contributed by atoms with Crippen molar-refractivity contribution >= 4 is 17.2 Å². The molecule has 0 bridgehead atoms. The van der Waals surface area contributed by atoms with Crippen molar-refractivity contribution in [3.05, 3.63) is 40.8 Å². The number of benzene rings is 1. The number of methoxy groups -OCH3 is 1. The van der Waals surface area contributed by atoms with E-state index in [9.17, 15) is 4.79 Å². The largest absolute Gasteiger partial charge is 0.497 e. The second kappa shape index (κ2) is 6.79. The zero-order valence-corrected chi connectivity index (χ0v) is 13.2. The summed E-state index contributed by atoms with van der Waals surface area (Å²) in [6, 6.07) is 7.37. The molecule has 1 saturated heterocycles. The van der Waals surface area contributed by atoms with Gasteiger partial charge in [-0.1, -0.05) is 6.07 Å². The van der Waals surface area contributed by atoms with Gasteiger partial charge in [-0.05, 0) is 25.0 Å². The van der Waals surface area contributed by atoms with Crippen molar-refractivity contribution in [2.75, 3.05) is 20.3 Å². The van der Waals surface area contributed by atoms with Crippen molar-refractivity contribution in [2.45, 2.75) is 18.9 Å². The summed E-state index contributed by atoms with van der Waals surface area (Å²) >= 11 is 1.60. The van der Waals surface area contributed by atoms with Crippen LogP contribution < -0.4 is 9.47 Å². The lowest BCUT2D eigenvalue weighted by Crippen LogP contribution is -2.34. The lowest BCUT2D eigenvalue weighted by Gasteiger charge is -2.23. The third-order valence-corrected chi connectivity index (χ3v) is 4.59. The highest BCUT2D eigenvalue weighted by Crippen LogP contribution is 2.33. The number of nitrogens with zero attached hydrogens (tertiary/aromatic N) is 2. The predicted octanol–water partition coefficient (Wildman–Crippen LogP) is 2.89. The standard InChI is InChI=1S/C16H18N2O3S/c1-20-12-4-2-5-13(10-12)21-11-15(19)18-8-3-6-14(18)16-17-7-9-22-16/h2,4-5,7,9-10,14H,3,6,8,11H2,1H3. The van der Waals surface area contributed by atoms with Gasteiger partial charge in [-0.15, -0.1) is 11.3 Å². The number of thiazole rings is 1. The van der Waals surface area contributed by atoms with Crippen LogP contribution in [-0.2, 0) is 4.79 Å². The van der Waals surface area contributed by atoms with Crippen LogP contribution in [0.15, 0.2) is 35.8 Å². The molecule has 2 aromatic rings. The second-order valence-electron chi connectivity index (χ2n) is 5.08. The van der Waals surface area contributed by atoms with E-state index in [1.54, 1.807) is 30.7 Å². The maximum atomic E-state index is 12.4. The Labute approximate surface area is 133 Å². The Kier molecular flexibility index (Phi) is 4.58. The van der Waals surface area contributed by atoms with Crippen LogP contribution in [0.25, 0.3) is 0 Å². The summed E-state index contributed by atoms with van der Waals surface area (Å²) in [6.07, 6.45) is 3.77. The van der Waals surface area contributed by atoms with Gasteiger partial charge in [-0.3, -0.25) is 4.79 Å². The quantitative estimate of drug-likeness (QED) is 0.850. The van der Waals surface area contributed by atoms with Crippen LogP contribution in [0.2, 0.25) is 0 Å². The van der Waals surface area contributed by atoms with Gasteiger partial charge < -0.3 is 14.4 Å². The normalized spacial score (nSPS) is 17.5. The number of hydrogen-bond donors (Lipinski definition) is 0. The Bertz CT molecular complexity index is 630. The summed E-state index contributed by atoms with van der Waals surface area (Å²) in [5.41, 5.74) is 0. The molecule has 3 rings (SSSR count). The van der Waals surface area contributed by atoms with Gasteiger partial charge in [-0.25, -0.2) is 4.98 Å². The Morgan fingerprint density at radius 1 is 1.45 bits per heavy atom. The number of likely N-dealkylation sites (tertiary alicyclic amines) is 1. The molecule has 1 aromatic heterocycles. The average Bonchev–Trinajstić information content (AvgIpc) is 3.23. The third kappa shape index (κ3) is 3.22. The molecule has 0 spiro atoms. The fraction of sp³-hybridized carbons (Fsp3) is 0.375. The van der Waals surface area contributed by atoms with Gasteiger partial charge in [0.05, 0.1) is 13.2 Å². The molecule has 1 amide bonds. The molecule has 1 aromatic carbocycles. The van der Waals surface area contributed by atoms with Gasteiger partial charge in [0, 0.05) is 24.2 Å². The molecular formula is C16H18N2O3S. The van der Waals surface area contributed by atoms with Crippen molar-refractivity contribution in [3.8, 4) is 11.5 Å². The number of aromatic nitrogens is 1. The minimum Gasteiger partial charge on any atom is -0.497 e. The lowest BCUT2D eigenvalue weighted by atomic mass is 10.2. The van der Waals surface area contributed by atoms with Crippen molar-refractivity contribution in [2.24, 2.45) is 0 Å². The first-order valence-electron chi connectivity index (χ1n) is 7.23. The summed E-state index contributed by atoms with van der Waals surface area (Å²) in [4.78, 5) is 18.6. The molecule has 116 valence electrons. The maximum Gasteiger partial charge on any atom is 0.261 e. The summed E-state index contributed by atoms with van der Waals surface area (Å²) in [6.45, 7) is 0.805. The Morgan fingerprint density at radius 2 is 2.32 bits per heavy atom. The minimum absolute atomic E-state index is 0.000481. The number of carbonyl (C=O) groups excluding carboxylic acids is 1. The maximum absolute atomic E-state index is 12.4. The molecule has 0 N–H and O–H groups in total. The molecular weight excluding hydrogens is 300 g/mol. The molecule has 1 atom stereocenters. The van der Waals surface area contributed by atoms with Crippen molar-refractivity contribution in [1.82, 2.24) is 9.88 Å². The van der Waals surface area contributed by atoms with E-state index in [0.29, 0.717) is 11.5 Å². The van der Waals surface area contributed by atoms with Crippen LogP contribution >= 0.6 is 11.3 Å². The van der Waals surface area contributed by atoms with E-state index in [4.69, 9.17) is 9.47 Å². The highest BCUT2D eigenvalue weighted by Gasteiger charge is 2.31. The minimum atomic E-state index is 0.000481. The van der Waals surface area contributed by atoms with Crippen LogP contribution in [-0.4, -0.2) is 36.1 Å². The van der Waals surface area contributed by atoms with Crippen LogP contribution in [0.3, 0.4) is 0 Å². The van der Waals surface area contributed by atoms with E-state index in [-0.39, 0.29) is 18.6 Å². The van der Waals surface area contributed by atoms with Crippen LogP contribution in [0, 0.1) is 0 Å². The molecule has 1 aliphatic heterocycles. The molecule has 6 heteroatoms. The van der Waals surface area contributed by atoms with Gasteiger partial charge in [0.2, 0.25) is 0 Å². The number of rotatable bonds is 5. The zero-order chi connectivity index (χ0) is 15.4. The smallest absolute Gasteiger partial charge is 0.261 e. The Morgan fingerprint density at radius 3 is 3.09 bits per heavy atom. The zero-order valence-electron chi connectivity index (χ0n) is 12.4. The molecule has 0 saturated carbocycles. The van der Waals surface area contributed by atoms with Crippen molar-refractivity contribution < 1.29 is 14.3 Å².